The third-order valence-corrected chi connectivity index (χ3v) is 3.24. The van der Waals surface area contributed by atoms with Crippen molar-refractivity contribution in [3.05, 3.63) is 28.8 Å². The molecule has 0 bridgehead atoms. The SMILES string of the molecule is CNC(C)c1ccc(OC(C)CCOC)c(Cl)c1. The molecule has 0 aliphatic carbocycles. The second-order valence-corrected chi connectivity index (χ2v) is 4.82. The van der Waals surface area contributed by atoms with Crippen LogP contribution in [0.2, 0.25) is 5.02 Å². The molecule has 3 nitrogen and oxygen atoms in total. The second-order valence-electron chi connectivity index (χ2n) is 4.41. The predicted octanol–water partition coefficient (Wildman–Crippen LogP) is 3.42. The van der Waals surface area contributed by atoms with Crippen molar-refractivity contribution in [2.24, 2.45) is 0 Å². The third-order valence-electron chi connectivity index (χ3n) is 2.95. The zero-order valence-corrected chi connectivity index (χ0v) is 12.3. The van der Waals surface area contributed by atoms with E-state index in [4.69, 9.17) is 21.1 Å². The van der Waals surface area contributed by atoms with E-state index in [1.54, 1.807) is 7.11 Å². The highest BCUT2D eigenvalue weighted by Gasteiger charge is 2.10. The monoisotopic (exact) mass is 271 g/mol. The fourth-order valence-corrected chi connectivity index (χ4v) is 1.84. The number of nitrogens with one attached hydrogen (secondary N) is 1. The molecule has 0 aliphatic heterocycles. The third kappa shape index (κ3) is 4.48. The number of benzene rings is 1. The number of hydrogen-bond acceptors (Lipinski definition) is 3. The van der Waals surface area contributed by atoms with E-state index in [2.05, 4.69) is 12.2 Å². The van der Waals surface area contributed by atoms with Crippen LogP contribution in [0.3, 0.4) is 0 Å². The number of ether oxygens (including phenoxy) is 2. The topological polar surface area (TPSA) is 30.5 Å². The Bertz CT molecular complexity index is 371. The Morgan fingerprint density at radius 3 is 2.61 bits per heavy atom. The molecule has 1 aromatic carbocycles. The highest BCUT2D eigenvalue weighted by atomic mass is 35.5. The zero-order valence-electron chi connectivity index (χ0n) is 11.5. The molecule has 2 atom stereocenters. The molecule has 0 radical (unpaired) electrons. The molecule has 0 spiro atoms. The zero-order chi connectivity index (χ0) is 13.5. The van der Waals surface area contributed by atoms with Gasteiger partial charge in [-0.05, 0) is 38.6 Å². The molecule has 2 unspecified atom stereocenters. The van der Waals surface area contributed by atoms with Crippen molar-refractivity contribution in [2.75, 3.05) is 20.8 Å². The minimum atomic E-state index is 0.0926. The molecular weight excluding hydrogens is 250 g/mol. The van der Waals surface area contributed by atoms with Gasteiger partial charge >= 0.3 is 0 Å². The van der Waals surface area contributed by atoms with E-state index in [-0.39, 0.29) is 12.1 Å². The molecule has 4 heteroatoms. The standard InChI is InChI=1S/C14H22ClNO2/c1-10(7-8-17-4)18-14-6-5-12(9-13(14)15)11(2)16-3/h5-6,9-11,16H,7-8H2,1-4H3. The van der Waals surface area contributed by atoms with Gasteiger partial charge in [0.1, 0.15) is 5.75 Å². The van der Waals surface area contributed by atoms with Crippen LogP contribution in [-0.4, -0.2) is 26.9 Å². The molecule has 0 aromatic heterocycles. The number of rotatable bonds is 7. The van der Waals surface area contributed by atoms with Gasteiger partial charge in [0, 0.05) is 26.2 Å². The molecule has 1 aromatic rings. The fourth-order valence-electron chi connectivity index (χ4n) is 1.61. The lowest BCUT2D eigenvalue weighted by atomic mass is 10.1. The van der Waals surface area contributed by atoms with Crippen molar-refractivity contribution < 1.29 is 9.47 Å². The second kappa shape index (κ2) is 7.62. The average molecular weight is 272 g/mol. The number of methoxy groups -OCH3 is 1. The van der Waals surface area contributed by atoms with Crippen LogP contribution in [0.4, 0.5) is 0 Å². The van der Waals surface area contributed by atoms with Gasteiger partial charge in [0.15, 0.2) is 0 Å². The minimum absolute atomic E-state index is 0.0926. The molecule has 0 heterocycles. The van der Waals surface area contributed by atoms with E-state index in [9.17, 15) is 0 Å². The normalized spacial score (nSPS) is 14.3. The van der Waals surface area contributed by atoms with Gasteiger partial charge in [-0.15, -0.1) is 0 Å². The first kappa shape index (κ1) is 15.3. The van der Waals surface area contributed by atoms with Crippen molar-refractivity contribution in [2.45, 2.75) is 32.4 Å². The maximum Gasteiger partial charge on any atom is 0.138 e. The van der Waals surface area contributed by atoms with Crippen LogP contribution in [-0.2, 0) is 4.74 Å². The summed E-state index contributed by atoms with van der Waals surface area (Å²) in [6.45, 7) is 4.79. The van der Waals surface area contributed by atoms with Crippen molar-refractivity contribution in [3.8, 4) is 5.75 Å². The van der Waals surface area contributed by atoms with E-state index in [1.807, 2.05) is 32.2 Å². The molecule has 0 saturated carbocycles. The number of hydrogen-bond donors (Lipinski definition) is 1. The summed E-state index contributed by atoms with van der Waals surface area (Å²) in [5.41, 5.74) is 1.15. The Morgan fingerprint density at radius 2 is 2.06 bits per heavy atom. The Labute approximate surface area is 114 Å². The van der Waals surface area contributed by atoms with Crippen LogP contribution in [0.5, 0.6) is 5.75 Å². The van der Waals surface area contributed by atoms with Gasteiger partial charge in [-0.25, -0.2) is 0 Å². The molecule has 0 saturated heterocycles. The average Bonchev–Trinajstić information content (AvgIpc) is 2.37. The predicted molar refractivity (Wildman–Crippen MR) is 75.5 cm³/mol. The summed E-state index contributed by atoms with van der Waals surface area (Å²) < 4.78 is 10.8. The van der Waals surface area contributed by atoms with Gasteiger partial charge < -0.3 is 14.8 Å². The fraction of sp³-hybridized carbons (Fsp3) is 0.571. The Morgan fingerprint density at radius 1 is 1.33 bits per heavy atom. The Balaban J connectivity index is 2.67. The summed E-state index contributed by atoms with van der Waals surface area (Å²) in [5, 5.41) is 3.83. The maximum absolute atomic E-state index is 6.22. The van der Waals surface area contributed by atoms with Crippen LogP contribution in [0.15, 0.2) is 18.2 Å². The van der Waals surface area contributed by atoms with E-state index < -0.39 is 0 Å². The Hall–Kier alpha value is -0.770. The molecule has 102 valence electrons. The summed E-state index contributed by atoms with van der Waals surface area (Å²) in [5.74, 6) is 0.729. The molecule has 0 amide bonds. The van der Waals surface area contributed by atoms with Crippen molar-refractivity contribution >= 4 is 11.6 Å². The van der Waals surface area contributed by atoms with Gasteiger partial charge in [0.25, 0.3) is 0 Å². The van der Waals surface area contributed by atoms with Crippen LogP contribution < -0.4 is 10.1 Å². The van der Waals surface area contributed by atoms with Gasteiger partial charge in [0.2, 0.25) is 0 Å². The molecule has 18 heavy (non-hydrogen) atoms. The van der Waals surface area contributed by atoms with Crippen LogP contribution in [0.25, 0.3) is 0 Å². The summed E-state index contributed by atoms with van der Waals surface area (Å²) in [7, 11) is 3.61. The van der Waals surface area contributed by atoms with Gasteiger partial charge in [-0.3, -0.25) is 0 Å². The first-order chi connectivity index (χ1) is 8.58. The van der Waals surface area contributed by atoms with Crippen molar-refractivity contribution in [3.63, 3.8) is 0 Å². The molecular formula is C14H22ClNO2. The summed E-state index contributed by atoms with van der Waals surface area (Å²) in [6.07, 6.45) is 0.941. The largest absolute Gasteiger partial charge is 0.489 e. The Kier molecular flexibility index (Phi) is 6.47. The number of halogens is 1. The van der Waals surface area contributed by atoms with Crippen molar-refractivity contribution in [1.29, 1.82) is 0 Å². The molecule has 1 rings (SSSR count). The molecule has 0 aliphatic rings. The quantitative estimate of drug-likeness (QED) is 0.824. The van der Waals surface area contributed by atoms with Crippen LogP contribution in [0, 0.1) is 0 Å². The van der Waals surface area contributed by atoms with Crippen LogP contribution in [0.1, 0.15) is 31.9 Å². The van der Waals surface area contributed by atoms with E-state index in [0.717, 1.165) is 17.7 Å². The lowest BCUT2D eigenvalue weighted by Gasteiger charge is -2.17. The van der Waals surface area contributed by atoms with Crippen LogP contribution >= 0.6 is 11.6 Å². The lowest BCUT2D eigenvalue weighted by Crippen LogP contribution is -2.15. The molecule has 0 fully saturated rings. The minimum Gasteiger partial charge on any atom is -0.489 e. The first-order valence-corrected chi connectivity index (χ1v) is 6.58. The first-order valence-electron chi connectivity index (χ1n) is 6.20. The van der Waals surface area contributed by atoms with Gasteiger partial charge in [0.05, 0.1) is 11.1 Å². The van der Waals surface area contributed by atoms with Crippen molar-refractivity contribution in [1.82, 2.24) is 5.32 Å². The van der Waals surface area contributed by atoms with E-state index in [1.165, 1.54) is 0 Å². The van der Waals surface area contributed by atoms with E-state index in [0.29, 0.717) is 11.6 Å². The summed E-state index contributed by atoms with van der Waals surface area (Å²) in [4.78, 5) is 0. The lowest BCUT2D eigenvalue weighted by molar-refractivity contribution is 0.135. The highest BCUT2D eigenvalue weighted by molar-refractivity contribution is 6.32. The van der Waals surface area contributed by atoms with Gasteiger partial charge in [-0.2, -0.15) is 0 Å². The highest BCUT2D eigenvalue weighted by Crippen LogP contribution is 2.28. The van der Waals surface area contributed by atoms with Gasteiger partial charge in [-0.1, -0.05) is 17.7 Å². The molecule has 1 N–H and O–H groups in total. The van der Waals surface area contributed by atoms with E-state index >= 15 is 0 Å². The maximum atomic E-state index is 6.22. The summed E-state index contributed by atoms with van der Waals surface area (Å²) >= 11 is 6.22. The summed E-state index contributed by atoms with van der Waals surface area (Å²) in [6, 6.07) is 6.18. The smallest absolute Gasteiger partial charge is 0.138 e.